The van der Waals surface area contributed by atoms with Gasteiger partial charge in [0, 0.05) is 19.1 Å². The van der Waals surface area contributed by atoms with E-state index in [1.54, 1.807) is 0 Å². The molecule has 3 heteroatoms. The van der Waals surface area contributed by atoms with Crippen LogP contribution in [0.5, 0.6) is 0 Å². The molecule has 0 aromatic heterocycles. The van der Waals surface area contributed by atoms with Crippen LogP contribution in [0.15, 0.2) is 0 Å². The fourth-order valence-electron chi connectivity index (χ4n) is 1.29. The highest BCUT2D eigenvalue weighted by molar-refractivity contribution is 6.54. The molecule has 0 aromatic rings. The molecular formula is C10H26N2Si. The number of unbranched alkanes of at least 4 members (excludes halogenated alkanes) is 1. The first kappa shape index (κ1) is 13.1. The standard InChI is InChI=1S/C10H26N2Si/c1-5-6-9-13(4)12-8-7-11-10(2)3/h10-13H,5-9H2,1-4H3. The SMILES string of the molecule is CCCC[SiH](C)NCCNC(C)C. The maximum absolute atomic E-state index is 3.65. The monoisotopic (exact) mass is 202 g/mol. The van der Waals surface area contributed by atoms with Crippen LogP contribution in [0.1, 0.15) is 33.6 Å². The van der Waals surface area contributed by atoms with Crippen LogP contribution < -0.4 is 10.3 Å². The first-order valence-electron chi connectivity index (χ1n) is 5.63. The zero-order valence-corrected chi connectivity index (χ0v) is 10.8. The molecule has 0 fully saturated rings. The normalized spacial score (nSPS) is 13.6. The molecule has 0 saturated carbocycles. The minimum Gasteiger partial charge on any atom is -0.338 e. The van der Waals surface area contributed by atoms with Gasteiger partial charge in [0.2, 0.25) is 0 Å². The molecule has 0 aromatic carbocycles. The van der Waals surface area contributed by atoms with Gasteiger partial charge in [0.05, 0.1) is 0 Å². The summed E-state index contributed by atoms with van der Waals surface area (Å²) >= 11 is 0. The van der Waals surface area contributed by atoms with Crippen molar-refractivity contribution in [3.8, 4) is 0 Å². The molecule has 0 saturated heterocycles. The summed E-state index contributed by atoms with van der Waals surface area (Å²) < 4.78 is 0. The Hall–Kier alpha value is 0.137. The van der Waals surface area contributed by atoms with Crippen molar-refractivity contribution < 1.29 is 0 Å². The summed E-state index contributed by atoms with van der Waals surface area (Å²) in [6.45, 7) is 11.3. The maximum atomic E-state index is 3.65. The van der Waals surface area contributed by atoms with E-state index in [4.69, 9.17) is 0 Å². The molecule has 0 aliphatic carbocycles. The molecule has 2 N–H and O–H groups in total. The van der Waals surface area contributed by atoms with E-state index >= 15 is 0 Å². The molecule has 13 heavy (non-hydrogen) atoms. The predicted molar refractivity (Wildman–Crippen MR) is 63.9 cm³/mol. The zero-order chi connectivity index (χ0) is 10.1. The van der Waals surface area contributed by atoms with E-state index in [9.17, 15) is 0 Å². The molecule has 80 valence electrons. The highest BCUT2D eigenvalue weighted by atomic mass is 28.3. The van der Waals surface area contributed by atoms with Crippen LogP contribution in [-0.2, 0) is 0 Å². The Morgan fingerprint density at radius 1 is 1.23 bits per heavy atom. The summed E-state index contributed by atoms with van der Waals surface area (Å²) in [6.07, 6.45) is 2.74. The Balaban J connectivity index is 3.12. The van der Waals surface area contributed by atoms with Crippen molar-refractivity contribution in [2.24, 2.45) is 0 Å². The average molecular weight is 202 g/mol. The Morgan fingerprint density at radius 3 is 2.46 bits per heavy atom. The summed E-state index contributed by atoms with van der Waals surface area (Å²) in [5, 5.41) is 3.42. The molecule has 0 radical (unpaired) electrons. The van der Waals surface area contributed by atoms with E-state index in [0.717, 1.165) is 13.1 Å². The van der Waals surface area contributed by atoms with Crippen molar-refractivity contribution in [2.45, 2.75) is 52.2 Å². The van der Waals surface area contributed by atoms with Crippen LogP contribution in [0.3, 0.4) is 0 Å². The first-order valence-corrected chi connectivity index (χ1v) is 8.18. The van der Waals surface area contributed by atoms with Crippen LogP contribution >= 0.6 is 0 Å². The fraction of sp³-hybridized carbons (Fsp3) is 1.00. The van der Waals surface area contributed by atoms with Crippen molar-refractivity contribution in [2.75, 3.05) is 13.1 Å². The second-order valence-electron chi connectivity index (χ2n) is 4.11. The number of nitrogens with one attached hydrogen (secondary N) is 2. The number of hydrogen-bond donors (Lipinski definition) is 2. The lowest BCUT2D eigenvalue weighted by Crippen LogP contribution is -2.38. The van der Waals surface area contributed by atoms with E-state index < -0.39 is 8.96 Å². The Bertz CT molecular complexity index is 107. The molecule has 0 aliphatic heterocycles. The van der Waals surface area contributed by atoms with Gasteiger partial charge in [0.25, 0.3) is 0 Å². The van der Waals surface area contributed by atoms with Crippen molar-refractivity contribution >= 4 is 8.96 Å². The third kappa shape index (κ3) is 10.1. The predicted octanol–water partition coefficient (Wildman–Crippen LogP) is 1.73. The van der Waals surface area contributed by atoms with Gasteiger partial charge in [0.1, 0.15) is 8.96 Å². The summed E-state index contributed by atoms with van der Waals surface area (Å²) in [5.74, 6) is 0. The lowest BCUT2D eigenvalue weighted by Gasteiger charge is -2.13. The van der Waals surface area contributed by atoms with Gasteiger partial charge in [-0.15, -0.1) is 0 Å². The lowest BCUT2D eigenvalue weighted by atomic mass is 10.4. The molecule has 0 bridgehead atoms. The van der Waals surface area contributed by atoms with E-state index in [-0.39, 0.29) is 0 Å². The van der Waals surface area contributed by atoms with E-state index in [1.165, 1.54) is 18.9 Å². The second kappa shape index (κ2) is 8.72. The van der Waals surface area contributed by atoms with Gasteiger partial charge in [-0.3, -0.25) is 0 Å². The fourth-order valence-corrected chi connectivity index (χ4v) is 3.15. The quantitative estimate of drug-likeness (QED) is 0.463. The smallest absolute Gasteiger partial charge is 0.105 e. The van der Waals surface area contributed by atoms with Crippen LogP contribution in [0.4, 0.5) is 0 Å². The van der Waals surface area contributed by atoms with Gasteiger partial charge in [-0.2, -0.15) is 0 Å². The number of rotatable bonds is 8. The Labute approximate surface area is 85.2 Å². The van der Waals surface area contributed by atoms with E-state index in [2.05, 4.69) is 37.6 Å². The van der Waals surface area contributed by atoms with Gasteiger partial charge in [-0.1, -0.05) is 40.2 Å². The van der Waals surface area contributed by atoms with Crippen molar-refractivity contribution in [1.29, 1.82) is 0 Å². The second-order valence-corrected chi connectivity index (χ2v) is 6.89. The summed E-state index contributed by atoms with van der Waals surface area (Å²) in [5.41, 5.74) is 0. The molecule has 0 heterocycles. The topological polar surface area (TPSA) is 24.1 Å². The van der Waals surface area contributed by atoms with Gasteiger partial charge in [-0.05, 0) is 6.04 Å². The van der Waals surface area contributed by atoms with Crippen LogP contribution in [0.25, 0.3) is 0 Å². The lowest BCUT2D eigenvalue weighted by molar-refractivity contribution is 0.585. The molecule has 1 unspecified atom stereocenters. The van der Waals surface area contributed by atoms with Crippen LogP contribution in [-0.4, -0.2) is 28.1 Å². The molecular weight excluding hydrogens is 176 g/mol. The Morgan fingerprint density at radius 2 is 1.92 bits per heavy atom. The third-order valence-corrected chi connectivity index (χ3v) is 4.42. The van der Waals surface area contributed by atoms with Gasteiger partial charge in [-0.25, -0.2) is 0 Å². The molecule has 0 amide bonds. The molecule has 0 spiro atoms. The molecule has 2 nitrogen and oxygen atoms in total. The summed E-state index contributed by atoms with van der Waals surface area (Å²) in [4.78, 5) is 3.65. The molecule has 0 rings (SSSR count). The van der Waals surface area contributed by atoms with Gasteiger partial charge in [0.15, 0.2) is 0 Å². The highest BCUT2D eigenvalue weighted by Crippen LogP contribution is 1.97. The molecule has 1 atom stereocenters. The van der Waals surface area contributed by atoms with Crippen LogP contribution in [0, 0.1) is 0 Å². The van der Waals surface area contributed by atoms with E-state index in [0.29, 0.717) is 6.04 Å². The summed E-state index contributed by atoms with van der Waals surface area (Å²) in [7, 11) is -0.573. The van der Waals surface area contributed by atoms with Crippen molar-refractivity contribution in [1.82, 2.24) is 10.3 Å². The highest BCUT2D eigenvalue weighted by Gasteiger charge is 2.01. The third-order valence-electron chi connectivity index (χ3n) is 2.16. The zero-order valence-electron chi connectivity index (χ0n) is 9.69. The van der Waals surface area contributed by atoms with Gasteiger partial charge < -0.3 is 10.3 Å². The molecule has 0 aliphatic rings. The largest absolute Gasteiger partial charge is 0.338 e. The maximum Gasteiger partial charge on any atom is 0.105 e. The number of hydrogen-bond acceptors (Lipinski definition) is 2. The Kier molecular flexibility index (Phi) is 8.81. The first-order chi connectivity index (χ1) is 6.16. The average Bonchev–Trinajstić information content (AvgIpc) is 2.08. The van der Waals surface area contributed by atoms with Crippen molar-refractivity contribution in [3.63, 3.8) is 0 Å². The minimum atomic E-state index is -0.573. The minimum absolute atomic E-state index is 0.573. The van der Waals surface area contributed by atoms with Gasteiger partial charge >= 0.3 is 0 Å². The van der Waals surface area contributed by atoms with Crippen molar-refractivity contribution in [3.05, 3.63) is 0 Å². The van der Waals surface area contributed by atoms with Crippen LogP contribution in [0.2, 0.25) is 12.6 Å². The summed E-state index contributed by atoms with van der Waals surface area (Å²) in [6, 6.07) is 2.06. The van der Waals surface area contributed by atoms with E-state index in [1.807, 2.05) is 0 Å².